The predicted octanol–water partition coefficient (Wildman–Crippen LogP) is 4.10. The molecule has 0 aliphatic rings. The van der Waals surface area contributed by atoms with Gasteiger partial charge in [0, 0.05) is 18.0 Å². The number of amides is 1. The molecular weight excluding hydrogens is 266 g/mol. The Morgan fingerprint density at radius 2 is 2.17 bits per heavy atom. The quantitative estimate of drug-likeness (QED) is 0.599. The van der Waals surface area contributed by atoms with Crippen molar-refractivity contribution in [3.05, 3.63) is 40.9 Å². The molecule has 18 heavy (non-hydrogen) atoms. The summed E-state index contributed by atoms with van der Waals surface area (Å²) in [6, 6.07) is 5.53. The van der Waals surface area contributed by atoms with Crippen molar-refractivity contribution in [3.63, 3.8) is 0 Å². The van der Waals surface area contributed by atoms with Crippen molar-refractivity contribution in [2.75, 3.05) is 19.3 Å². The van der Waals surface area contributed by atoms with Crippen LogP contribution in [0, 0.1) is 0 Å². The Kier molecular flexibility index (Phi) is 5.76. The number of benzene rings is 1. The SMILES string of the molecule is C=C(C)CN(CC)C(=O)c1cc(SC)ccc1Cl. The van der Waals surface area contributed by atoms with Crippen molar-refractivity contribution in [1.29, 1.82) is 0 Å². The number of hydrogen-bond acceptors (Lipinski definition) is 2. The Bertz CT molecular complexity index is 459. The van der Waals surface area contributed by atoms with Crippen LogP contribution in [-0.4, -0.2) is 30.2 Å². The highest BCUT2D eigenvalue weighted by Gasteiger charge is 2.17. The maximum absolute atomic E-state index is 12.4. The molecule has 0 aliphatic heterocycles. The lowest BCUT2D eigenvalue weighted by Crippen LogP contribution is -2.32. The summed E-state index contributed by atoms with van der Waals surface area (Å²) < 4.78 is 0. The number of nitrogens with zero attached hydrogens (tertiary/aromatic N) is 1. The van der Waals surface area contributed by atoms with E-state index in [1.54, 1.807) is 22.7 Å². The highest BCUT2D eigenvalue weighted by atomic mass is 35.5. The van der Waals surface area contributed by atoms with E-state index in [0.29, 0.717) is 23.7 Å². The fraction of sp³-hybridized carbons (Fsp3) is 0.357. The third-order valence-corrected chi connectivity index (χ3v) is 3.59. The molecule has 0 aliphatic carbocycles. The van der Waals surface area contributed by atoms with Crippen molar-refractivity contribution >= 4 is 29.3 Å². The Balaban J connectivity index is 3.04. The summed E-state index contributed by atoms with van der Waals surface area (Å²) in [6.07, 6.45) is 1.98. The largest absolute Gasteiger partial charge is 0.335 e. The molecule has 0 unspecified atom stereocenters. The van der Waals surface area contributed by atoms with Crippen LogP contribution in [-0.2, 0) is 0 Å². The zero-order valence-electron chi connectivity index (χ0n) is 11.0. The Hall–Kier alpha value is -0.930. The van der Waals surface area contributed by atoms with E-state index in [-0.39, 0.29) is 5.91 Å². The summed E-state index contributed by atoms with van der Waals surface area (Å²) in [4.78, 5) is 15.2. The molecule has 0 heterocycles. The van der Waals surface area contributed by atoms with E-state index >= 15 is 0 Å². The number of carbonyl (C=O) groups excluding carboxylic acids is 1. The van der Waals surface area contributed by atoms with Gasteiger partial charge in [-0.25, -0.2) is 0 Å². The summed E-state index contributed by atoms with van der Waals surface area (Å²) in [6.45, 7) is 8.92. The summed E-state index contributed by atoms with van der Waals surface area (Å²) in [5.41, 5.74) is 1.52. The van der Waals surface area contributed by atoms with E-state index in [4.69, 9.17) is 11.6 Å². The number of hydrogen-bond donors (Lipinski definition) is 0. The molecule has 0 saturated carbocycles. The Morgan fingerprint density at radius 1 is 1.50 bits per heavy atom. The second-order valence-corrected chi connectivity index (χ2v) is 5.41. The van der Waals surface area contributed by atoms with Gasteiger partial charge in [0.05, 0.1) is 10.6 Å². The zero-order chi connectivity index (χ0) is 13.7. The predicted molar refractivity (Wildman–Crippen MR) is 79.6 cm³/mol. The minimum absolute atomic E-state index is 0.0404. The van der Waals surface area contributed by atoms with Gasteiger partial charge in [-0.15, -0.1) is 11.8 Å². The molecule has 4 heteroatoms. The maximum atomic E-state index is 12.4. The van der Waals surface area contributed by atoms with Gasteiger partial charge in [-0.2, -0.15) is 0 Å². The number of likely N-dealkylation sites (N-methyl/N-ethyl adjacent to an activating group) is 1. The molecule has 0 saturated heterocycles. The monoisotopic (exact) mass is 283 g/mol. The van der Waals surface area contributed by atoms with Crippen LogP contribution in [0.2, 0.25) is 5.02 Å². The molecule has 0 aromatic heterocycles. The van der Waals surface area contributed by atoms with Gasteiger partial charge in [0.15, 0.2) is 0 Å². The van der Waals surface area contributed by atoms with Crippen LogP contribution in [0.4, 0.5) is 0 Å². The average molecular weight is 284 g/mol. The first-order valence-corrected chi connectivity index (χ1v) is 7.37. The molecule has 0 atom stereocenters. The molecule has 0 radical (unpaired) electrons. The van der Waals surface area contributed by atoms with Crippen molar-refractivity contribution in [2.45, 2.75) is 18.7 Å². The third kappa shape index (κ3) is 3.79. The van der Waals surface area contributed by atoms with Crippen molar-refractivity contribution in [1.82, 2.24) is 4.90 Å². The fourth-order valence-electron chi connectivity index (χ4n) is 1.62. The van der Waals surface area contributed by atoms with E-state index in [9.17, 15) is 4.79 Å². The lowest BCUT2D eigenvalue weighted by molar-refractivity contribution is 0.0778. The minimum atomic E-state index is -0.0404. The smallest absolute Gasteiger partial charge is 0.255 e. The summed E-state index contributed by atoms with van der Waals surface area (Å²) in [5.74, 6) is -0.0404. The van der Waals surface area contributed by atoms with Gasteiger partial charge in [-0.1, -0.05) is 23.8 Å². The second kappa shape index (κ2) is 6.86. The molecule has 1 amide bonds. The first kappa shape index (κ1) is 15.1. The van der Waals surface area contributed by atoms with Crippen LogP contribution in [0.1, 0.15) is 24.2 Å². The van der Waals surface area contributed by atoms with Crippen molar-refractivity contribution < 1.29 is 4.79 Å². The van der Waals surface area contributed by atoms with Gasteiger partial charge >= 0.3 is 0 Å². The molecule has 0 N–H and O–H groups in total. The lowest BCUT2D eigenvalue weighted by Gasteiger charge is -2.21. The van der Waals surface area contributed by atoms with Gasteiger partial charge < -0.3 is 4.90 Å². The fourth-order valence-corrected chi connectivity index (χ4v) is 2.26. The van der Waals surface area contributed by atoms with E-state index in [0.717, 1.165) is 10.5 Å². The number of halogens is 1. The van der Waals surface area contributed by atoms with Crippen LogP contribution >= 0.6 is 23.4 Å². The Morgan fingerprint density at radius 3 is 2.67 bits per heavy atom. The van der Waals surface area contributed by atoms with Crippen molar-refractivity contribution in [3.8, 4) is 0 Å². The second-order valence-electron chi connectivity index (χ2n) is 4.12. The molecular formula is C14H18ClNOS. The first-order chi connectivity index (χ1) is 8.49. The minimum Gasteiger partial charge on any atom is -0.335 e. The highest BCUT2D eigenvalue weighted by molar-refractivity contribution is 7.98. The topological polar surface area (TPSA) is 20.3 Å². The standard InChI is InChI=1S/C14H18ClNOS/c1-5-16(9-10(2)3)14(17)12-8-11(18-4)6-7-13(12)15/h6-8H,2,5,9H2,1,3-4H3. The number of thioether (sulfide) groups is 1. The van der Waals surface area contributed by atoms with Crippen LogP contribution in [0.25, 0.3) is 0 Å². The van der Waals surface area contributed by atoms with Crippen LogP contribution in [0.15, 0.2) is 35.2 Å². The summed E-state index contributed by atoms with van der Waals surface area (Å²) in [7, 11) is 0. The van der Waals surface area contributed by atoms with Crippen molar-refractivity contribution in [2.24, 2.45) is 0 Å². The summed E-state index contributed by atoms with van der Waals surface area (Å²) >= 11 is 7.70. The molecule has 1 aromatic carbocycles. The molecule has 2 nitrogen and oxygen atoms in total. The Labute approximate surface area is 118 Å². The van der Waals surface area contributed by atoms with E-state index in [1.807, 2.05) is 32.2 Å². The van der Waals surface area contributed by atoms with Gasteiger partial charge in [-0.3, -0.25) is 4.79 Å². The molecule has 0 spiro atoms. The molecule has 98 valence electrons. The molecule has 0 fully saturated rings. The lowest BCUT2D eigenvalue weighted by atomic mass is 10.2. The maximum Gasteiger partial charge on any atom is 0.255 e. The van der Waals surface area contributed by atoms with Gasteiger partial charge in [-0.05, 0) is 38.3 Å². The van der Waals surface area contributed by atoms with Gasteiger partial charge in [0.25, 0.3) is 5.91 Å². The number of rotatable bonds is 5. The third-order valence-electron chi connectivity index (χ3n) is 2.53. The van der Waals surface area contributed by atoms with Gasteiger partial charge in [0.1, 0.15) is 0 Å². The number of carbonyl (C=O) groups is 1. The highest BCUT2D eigenvalue weighted by Crippen LogP contribution is 2.24. The normalized spacial score (nSPS) is 10.2. The molecule has 1 aromatic rings. The van der Waals surface area contributed by atoms with E-state index < -0.39 is 0 Å². The zero-order valence-corrected chi connectivity index (χ0v) is 12.6. The molecule has 1 rings (SSSR count). The van der Waals surface area contributed by atoms with Gasteiger partial charge in [0.2, 0.25) is 0 Å². The van der Waals surface area contributed by atoms with Crippen LogP contribution in [0.3, 0.4) is 0 Å². The van der Waals surface area contributed by atoms with Crippen LogP contribution < -0.4 is 0 Å². The van der Waals surface area contributed by atoms with E-state index in [2.05, 4.69) is 6.58 Å². The first-order valence-electron chi connectivity index (χ1n) is 5.76. The van der Waals surface area contributed by atoms with E-state index in [1.165, 1.54) is 0 Å². The summed E-state index contributed by atoms with van der Waals surface area (Å²) in [5, 5.41) is 0.498. The molecule has 0 bridgehead atoms. The average Bonchev–Trinajstić information content (AvgIpc) is 2.35. The van der Waals surface area contributed by atoms with Crippen LogP contribution in [0.5, 0.6) is 0 Å².